The van der Waals surface area contributed by atoms with Crippen molar-refractivity contribution in [3.05, 3.63) is 76.0 Å². The largest absolute Gasteiger partial charge is 0.457 e. The summed E-state index contributed by atoms with van der Waals surface area (Å²) in [7, 11) is 0. The Kier molecular flexibility index (Phi) is 9.18. The summed E-state index contributed by atoms with van der Waals surface area (Å²) < 4.78 is 8.55. The molecule has 0 amide bonds. The Morgan fingerprint density at radius 3 is 2.25 bits per heavy atom. The van der Waals surface area contributed by atoms with Crippen molar-refractivity contribution in [2.45, 2.75) is 70.8 Å². The van der Waals surface area contributed by atoms with Crippen LogP contribution in [0.2, 0.25) is 0 Å². The Morgan fingerprint density at radius 2 is 1.62 bits per heavy atom. The molecule has 1 aliphatic carbocycles. The van der Waals surface area contributed by atoms with Crippen molar-refractivity contribution >= 4 is 28.3 Å². The van der Waals surface area contributed by atoms with Crippen molar-refractivity contribution < 1.29 is 4.74 Å². The van der Waals surface area contributed by atoms with Crippen LogP contribution in [0.25, 0.3) is 0 Å². The third-order valence-corrected chi connectivity index (χ3v) is 7.28. The minimum Gasteiger partial charge on any atom is -0.457 e. The van der Waals surface area contributed by atoms with Gasteiger partial charge in [0, 0.05) is 29.6 Å². The van der Waals surface area contributed by atoms with E-state index in [1.54, 1.807) is 0 Å². The SMILES string of the molecule is Br.CCCC/N=c1/scc(C2(c3ccc(Oc4ccccc4)cc3)CCC2)n1CCCC. The number of aromatic nitrogens is 1. The molecule has 0 bridgehead atoms. The van der Waals surface area contributed by atoms with E-state index in [-0.39, 0.29) is 22.4 Å². The van der Waals surface area contributed by atoms with Crippen molar-refractivity contribution in [1.29, 1.82) is 0 Å². The van der Waals surface area contributed by atoms with Crippen LogP contribution in [-0.4, -0.2) is 11.1 Å². The number of nitrogens with zero attached hydrogens (tertiary/aromatic N) is 2. The second kappa shape index (κ2) is 11.9. The number of rotatable bonds is 10. The molecule has 4 rings (SSSR count). The lowest BCUT2D eigenvalue weighted by molar-refractivity contribution is 0.281. The van der Waals surface area contributed by atoms with Crippen LogP contribution in [0.15, 0.2) is 65.0 Å². The smallest absolute Gasteiger partial charge is 0.184 e. The van der Waals surface area contributed by atoms with Gasteiger partial charge in [-0.1, -0.05) is 63.4 Å². The third kappa shape index (κ3) is 5.37. The Hall–Kier alpha value is -1.85. The minimum absolute atomic E-state index is 0. The van der Waals surface area contributed by atoms with Gasteiger partial charge in [0.05, 0.1) is 0 Å². The molecule has 0 N–H and O–H groups in total. The maximum Gasteiger partial charge on any atom is 0.184 e. The van der Waals surface area contributed by atoms with Gasteiger partial charge in [-0.25, -0.2) is 0 Å². The van der Waals surface area contributed by atoms with Crippen LogP contribution in [0, 0.1) is 0 Å². The second-order valence-electron chi connectivity index (χ2n) is 8.52. The highest BCUT2D eigenvalue weighted by atomic mass is 79.9. The van der Waals surface area contributed by atoms with Crippen LogP contribution in [0.4, 0.5) is 0 Å². The first-order valence-corrected chi connectivity index (χ1v) is 12.7. The molecule has 0 saturated heterocycles. The van der Waals surface area contributed by atoms with E-state index in [1.165, 1.54) is 54.6 Å². The molecule has 32 heavy (non-hydrogen) atoms. The maximum absolute atomic E-state index is 6.02. The summed E-state index contributed by atoms with van der Waals surface area (Å²) in [5, 5.41) is 2.38. The molecular formula is C27H35BrN2OS. The van der Waals surface area contributed by atoms with Gasteiger partial charge in [0.15, 0.2) is 4.80 Å². The molecule has 0 radical (unpaired) electrons. The van der Waals surface area contributed by atoms with Crippen LogP contribution in [0.1, 0.15) is 70.1 Å². The molecular weight excluding hydrogens is 480 g/mol. The Morgan fingerprint density at radius 1 is 0.938 bits per heavy atom. The van der Waals surface area contributed by atoms with E-state index in [1.807, 2.05) is 41.7 Å². The quantitative estimate of drug-likeness (QED) is 0.252. The normalized spacial score (nSPS) is 15.1. The lowest BCUT2D eigenvalue weighted by atomic mass is 9.62. The summed E-state index contributed by atoms with van der Waals surface area (Å²) in [6.07, 6.45) is 8.47. The van der Waals surface area contributed by atoms with Gasteiger partial charge >= 0.3 is 0 Å². The van der Waals surface area contributed by atoms with Crippen LogP contribution in [0.3, 0.4) is 0 Å². The van der Waals surface area contributed by atoms with Crippen LogP contribution in [-0.2, 0) is 12.0 Å². The molecule has 3 nitrogen and oxygen atoms in total. The first-order valence-electron chi connectivity index (χ1n) is 11.8. The molecule has 3 aromatic rings. The predicted molar refractivity (Wildman–Crippen MR) is 140 cm³/mol. The molecule has 0 aliphatic heterocycles. The zero-order chi connectivity index (χ0) is 21.5. The lowest BCUT2D eigenvalue weighted by Gasteiger charge is -2.43. The Balaban J connectivity index is 0.00000289. The highest BCUT2D eigenvalue weighted by Gasteiger charge is 2.42. The van der Waals surface area contributed by atoms with E-state index >= 15 is 0 Å². The fourth-order valence-electron chi connectivity index (χ4n) is 4.39. The van der Waals surface area contributed by atoms with Gasteiger partial charge in [0.2, 0.25) is 0 Å². The van der Waals surface area contributed by atoms with Gasteiger partial charge in [-0.15, -0.1) is 28.3 Å². The fourth-order valence-corrected chi connectivity index (χ4v) is 5.44. The van der Waals surface area contributed by atoms with E-state index in [0.717, 1.165) is 31.0 Å². The molecule has 1 saturated carbocycles. The molecule has 172 valence electrons. The summed E-state index contributed by atoms with van der Waals surface area (Å²) in [6.45, 7) is 6.50. The average molecular weight is 516 g/mol. The third-order valence-electron chi connectivity index (χ3n) is 6.37. The number of benzene rings is 2. The van der Waals surface area contributed by atoms with E-state index < -0.39 is 0 Å². The summed E-state index contributed by atoms with van der Waals surface area (Å²) in [4.78, 5) is 6.16. The molecule has 1 fully saturated rings. The van der Waals surface area contributed by atoms with Crippen LogP contribution in [0.5, 0.6) is 11.5 Å². The number of hydrogen-bond acceptors (Lipinski definition) is 3. The summed E-state index contributed by atoms with van der Waals surface area (Å²) in [6, 6.07) is 18.8. The van der Waals surface area contributed by atoms with Gasteiger partial charge in [-0.3, -0.25) is 4.99 Å². The number of para-hydroxylation sites is 1. The van der Waals surface area contributed by atoms with Crippen molar-refractivity contribution in [3.63, 3.8) is 0 Å². The predicted octanol–water partition coefficient (Wildman–Crippen LogP) is 7.89. The molecule has 1 aromatic heterocycles. The zero-order valence-electron chi connectivity index (χ0n) is 19.3. The summed E-state index contributed by atoms with van der Waals surface area (Å²) in [5.41, 5.74) is 2.99. The van der Waals surface area contributed by atoms with Gasteiger partial charge in [-0.05, 0) is 55.5 Å². The van der Waals surface area contributed by atoms with E-state index in [9.17, 15) is 0 Å². The first-order chi connectivity index (χ1) is 15.3. The van der Waals surface area contributed by atoms with Crippen LogP contribution >= 0.6 is 28.3 Å². The highest BCUT2D eigenvalue weighted by Crippen LogP contribution is 2.49. The first kappa shape index (κ1) is 24.8. The van der Waals surface area contributed by atoms with E-state index in [0.29, 0.717) is 0 Å². The van der Waals surface area contributed by atoms with E-state index in [4.69, 9.17) is 9.73 Å². The highest BCUT2D eigenvalue weighted by molar-refractivity contribution is 8.93. The molecule has 2 aromatic carbocycles. The lowest BCUT2D eigenvalue weighted by Crippen LogP contribution is -2.39. The number of unbranched alkanes of at least 4 members (excludes halogenated alkanes) is 2. The summed E-state index contributed by atoms with van der Waals surface area (Å²) in [5.74, 6) is 1.77. The molecule has 0 spiro atoms. The van der Waals surface area contributed by atoms with Gasteiger partial charge in [0.25, 0.3) is 0 Å². The standard InChI is InChI=1S/C27H34N2OS.BrH/c1-3-5-19-28-26-29(20-6-4-2)25(21-31-26)27(17-10-18-27)22-13-15-24(16-14-22)30-23-11-8-7-9-12-23;/h7-9,11-16,21H,3-6,10,17-20H2,1-2H3;1H/b28-26+;. The van der Waals surface area contributed by atoms with Gasteiger partial charge in [0.1, 0.15) is 11.5 Å². The van der Waals surface area contributed by atoms with Crippen molar-refractivity contribution in [1.82, 2.24) is 4.57 Å². The molecule has 0 atom stereocenters. The topological polar surface area (TPSA) is 26.5 Å². The van der Waals surface area contributed by atoms with Crippen LogP contribution < -0.4 is 9.54 Å². The Bertz CT molecular complexity index is 1020. The van der Waals surface area contributed by atoms with E-state index in [2.05, 4.69) is 48.1 Å². The minimum atomic E-state index is 0. The summed E-state index contributed by atoms with van der Waals surface area (Å²) >= 11 is 1.82. The number of thiazole rings is 1. The average Bonchev–Trinajstić information content (AvgIpc) is 3.16. The molecule has 5 heteroatoms. The second-order valence-corrected chi connectivity index (χ2v) is 9.36. The fraction of sp³-hybridized carbons (Fsp3) is 0.444. The number of halogens is 1. The molecule has 0 unspecified atom stereocenters. The van der Waals surface area contributed by atoms with Crippen molar-refractivity contribution in [2.24, 2.45) is 4.99 Å². The monoisotopic (exact) mass is 514 g/mol. The Labute approximate surface area is 207 Å². The van der Waals surface area contributed by atoms with Crippen molar-refractivity contribution in [3.8, 4) is 11.5 Å². The number of hydrogen-bond donors (Lipinski definition) is 0. The van der Waals surface area contributed by atoms with Gasteiger partial charge < -0.3 is 9.30 Å². The molecule has 1 heterocycles. The molecule has 1 aliphatic rings. The van der Waals surface area contributed by atoms with Gasteiger partial charge in [-0.2, -0.15) is 0 Å². The zero-order valence-corrected chi connectivity index (χ0v) is 21.8. The van der Waals surface area contributed by atoms with Crippen molar-refractivity contribution in [2.75, 3.05) is 6.54 Å². The maximum atomic E-state index is 6.02. The number of ether oxygens (including phenoxy) is 1.